The Morgan fingerprint density at radius 1 is 1.44 bits per heavy atom. The average Bonchev–Trinajstić information content (AvgIpc) is 2.71. The van der Waals surface area contributed by atoms with Crippen molar-refractivity contribution in [3.63, 3.8) is 0 Å². The zero-order valence-electron chi connectivity index (χ0n) is 10.3. The van der Waals surface area contributed by atoms with E-state index in [2.05, 4.69) is 29.0 Å². The van der Waals surface area contributed by atoms with Crippen LogP contribution in [0.1, 0.15) is 29.9 Å². The summed E-state index contributed by atoms with van der Waals surface area (Å²) in [6.07, 6.45) is 1.83. The Labute approximate surface area is 97.0 Å². The number of likely N-dealkylation sites (N-methyl/N-ethyl adjacent to an activating group) is 1. The first-order valence-corrected chi connectivity index (χ1v) is 5.83. The number of aryl methyl sites for hydroxylation is 1. The summed E-state index contributed by atoms with van der Waals surface area (Å²) < 4.78 is 0. The van der Waals surface area contributed by atoms with Crippen molar-refractivity contribution in [2.24, 2.45) is 0 Å². The van der Waals surface area contributed by atoms with Crippen LogP contribution < -0.4 is 5.32 Å². The minimum atomic E-state index is -0.0275. The van der Waals surface area contributed by atoms with E-state index in [0.29, 0.717) is 12.2 Å². The number of aromatic nitrogens is 1. The molecule has 90 valence electrons. The molecule has 0 saturated heterocycles. The van der Waals surface area contributed by atoms with Crippen LogP contribution in [-0.4, -0.2) is 42.0 Å². The third-order valence-corrected chi connectivity index (χ3v) is 2.68. The molecule has 1 amide bonds. The number of carbonyl (C=O) groups is 1. The molecular formula is C12H21N3O. The molecule has 1 aromatic heterocycles. The van der Waals surface area contributed by atoms with Crippen molar-refractivity contribution < 1.29 is 4.79 Å². The van der Waals surface area contributed by atoms with Gasteiger partial charge in [0.25, 0.3) is 5.91 Å². The van der Waals surface area contributed by atoms with Gasteiger partial charge < -0.3 is 15.2 Å². The standard InChI is InChI=1S/C12H21N3O/c1-4-15(5-2)7-6-13-12(16)11-8-10(3)9-14-11/h8-9,14H,4-7H2,1-3H3,(H,13,16). The van der Waals surface area contributed by atoms with Gasteiger partial charge >= 0.3 is 0 Å². The second-order valence-corrected chi connectivity index (χ2v) is 3.87. The first-order chi connectivity index (χ1) is 7.67. The number of aromatic amines is 1. The van der Waals surface area contributed by atoms with Crippen LogP contribution in [0.15, 0.2) is 12.3 Å². The zero-order chi connectivity index (χ0) is 12.0. The average molecular weight is 223 g/mol. The number of amides is 1. The van der Waals surface area contributed by atoms with Gasteiger partial charge in [0, 0.05) is 19.3 Å². The summed E-state index contributed by atoms with van der Waals surface area (Å²) in [6.45, 7) is 9.85. The molecule has 0 aliphatic heterocycles. The van der Waals surface area contributed by atoms with Crippen LogP contribution in [0.3, 0.4) is 0 Å². The van der Waals surface area contributed by atoms with Gasteiger partial charge in [-0.05, 0) is 31.6 Å². The highest BCUT2D eigenvalue weighted by Gasteiger charge is 2.06. The van der Waals surface area contributed by atoms with Crippen LogP contribution in [0.4, 0.5) is 0 Å². The minimum Gasteiger partial charge on any atom is -0.357 e. The molecule has 0 spiro atoms. The third-order valence-electron chi connectivity index (χ3n) is 2.68. The Morgan fingerprint density at radius 2 is 2.12 bits per heavy atom. The fourth-order valence-electron chi connectivity index (χ4n) is 1.60. The quantitative estimate of drug-likeness (QED) is 0.765. The van der Waals surface area contributed by atoms with Crippen LogP contribution in [0.25, 0.3) is 0 Å². The predicted molar refractivity (Wildman–Crippen MR) is 65.7 cm³/mol. The molecule has 0 fully saturated rings. The van der Waals surface area contributed by atoms with Gasteiger partial charge in [-0.25, -0.2) is 0 Å². The van der Waals surface area contributed by atoms with Crippen molar-refractivity contribution >= 4 is 5.91 Å². The molecule has 4 heteroatoms. The van der Waals surface area contributed by atoms with Crippen LogP contribution in [0.5, 0.6) is 0 Å². The zero-order valence-corrected chi connectivity index (χ0v) is 10.3. The molecule has 1 heterocycles. The molecule has 0 unspecified atom stereocenters. The number of hydrogen-bond donors (Lipinski definition) is 2. The Kier molecular flexibility index (Phi) is 5.05. The van der Waals surface area contributed by atoms with E-state index < -0.39 is 0 Å². The molecule has 0 saturated carbocycles. The molecule has 16 heavy (non-hydrogen) atoms. The van der Waals surface area contributed by atoms with E-state index in [0.717, 1.165) is 25.2 Å². The molecule has 0 aliphatic carbocycles. The van der Waals surface area contributed by atoms with E-state index in [4.69, 9.17) is 0 Å². The summed E-state index contributed by atoms with van der Waals surface area (Å²) in [5.74, 6) is -0.0275. The smallest absolute Gasteiger partial charge is 0.267 e. The van der Waals surface area contributed by atoms with Crippen LogP contribution >= 0.6 is 0 Å². The summed E-state index contributed by atoms with van der Waals surface area (Å²) in [7, 11) is 0. The maximum absolute atomic E-state index is 11.7. The highest BCUT2D eigenvalue weighted by molar-refractivity contribution is 5.92. The SMILES string of the molecule is CCN(CC)CCNC(=O)c1cc(C)c[nH]1. The topological polar surface area (TPSA) is 48.1 Å². The van der Waals surface area contributed by atoms with Gasteiger partial charge in [0.05, 0.1) is 0 Å². The van der Waals surface area contributed by atoms with E-state index in [1.54, 1.807) is 0 Å². The Bertz CT molecular complexity index is 329. The molecular weight excluding hydrogens is 202 g/mol. The van der Waals surface area contributed by atoms with Gasteiger partial charge in [-0.3, -0.25) is 4.79 Å². The lowest BCUT2D eigenvalue weighted by Crippen LogP contribution is -2.34. The lowest BCUT2D eigenvalue weighted by molar-refractivity contribution is 0.0944. The van der Waals surface area contributed by atoms with E-state index in [1.807, 2.05) is 19.2 Å². The molecule has 2 N–H and O–H groups in total. The van der Waals surface area contributed by atoms with E-state index >= 15 is 0 Å². The summed E-state index contributed by atoms with van der Waals surface area (Å²) in [5.41, 5.74) is 1.71. The van der Waals surface area contributed by atoms with E-state index in [1.165, 1.54) is 0 Å². The molecule has 0 radical (unpaired) electrons. The van der Waals surface area contributed by atoms with Crippen LogP contribution in [-0.2, 0) is 0 Å². The normalized spacial score (nSPS) is 10.8. The molecule has 0 atom stereocenters. The highest BCUT2D eigenvalue weighted by Crippen LogP contribution is 2.00. The van der Waals surface area contributed by atoms with Crippen LogP contribution in [0, 0.1) is 6.92 Å². The molecule has 0 aliphatic rings. The van der Waals surface area contributed by atoms with Crippen molar-refractivity contribution in [3.8, 4) is 0 Å². The lowest BCUT2D eigenvalue weighted by Gasteiger charge is -2.17. The number of rotatable bonds is 6. The van der Waals surface area contributed by atoms with Gasteiger partial charge in [0.2, 0.25) is 0 Å². The van der Waals surface area contributed by atoms with E-state index in [-0.39, 0.29) is 5.91 Å². The largest absolute Gasteiger partial charge is 0.357 e. The van der Waals surface area contributed by atoms with Gasteiger partial charge in [-0.2, -0.15) is 0 Å². The molecule has 0 aromatic carbocycles. The van der Waals surface area contributed by atoms with Gasteiger partial charge in [0.1, 0.15) is 5.69 Å². The molecule has 1 rings (SSSR count). The fraction of sp³-hybridized carbons (Fsp3) is 0.583. The maximum atomic E-state index is 11.7. The van der Waals surface area contributed by atoms with Crippen molar-refractivity contribution in [1.29, 1.82) is 0 Å². The highest BCUT2D eigenvalue weighted by atomic mass is 16.1. The van der Waals surface area contributed by atoms with Crippen molar-refractivity contribution in [2.75, 3.05) is 26.2 Å². The molecule has 1 aromatic rings. The van der Waals surface area contributed by atoms with Gasteiger partial charge in [-0.15, -0.1) is 0 Å². The van der Waals surface area contributed by atoms with Crippen molar-refractivity contribution in [1.82, 2.24) is 15.2 Å². The third kappa shape index (κ3) is 3.70. The number of carbonyl (C=O) groups excluding carboxylic acids is 1. The van der Waals surface area contributed by atoms with Gasteiger partial charge in [-0.1, -0.05) is 13.8 Å². The van der Waals surface area contributed by atoms with Gasteiger partial charge in [0.15, 0.2) is 0 Å². The minimum absolute atomic E-state index is 0.0275. The lowest BCUT2D eigenvalue weighted by atomic mass is 10.3. The summed E-state index contributed by atoms with van der Waals surface area (Å²) in [6, 6.07) is 1.85. The number of nitrogens with zero attached hydrogens (tertiary/aromatic N) is 1. The summed E-state index contributed by atoms with van der Waals surface area (Å²) in [4.78, 5) is 16.9. The fourth-order valence-corrected chi connectivity index (χ4v) is 1.60. The second kappa shape index (κ2) is 6.33. The van der Waals surface area contributed by atoms with Crippen molar-refractivity contribution in [3.05, 3.63) is 23.5 Å². The Balaban J connectivity index is 2.30. The first kappa shape index (κ1) is 12.8. The number of nitrogens with one attached hydrogen (secondary N) is 2. The van der Waals surface area contributed by atoms with Crippen molar-refractivity contribution in [2.45, 2.75) is 20.8 Å². The number of hydrogen-bond acceptors (Lipinski definition) is 2. The number of H-pyrrole nitrogens is 1. The Hall–Kier alpha value is -1.29. The van der Waals surface area contributed by atoms with E-state index in [9.17, 15) is 4.79 Å². The monoisotopic (exact) mass is 223 g/mol. The maximum Gasteiger partial charge on any atom is 0.267 e. The Morgan fingerprint density at radius 3 is 2.62 bits per heavy atom. The van der Waals surface area contributed by atoms with Crippen LogP contribution in [0.2, 0.25) is 0 Å². The first-order valence-electron chi connectivity index (χ1n) is 5.83. The molecule has 4 nitrogen and oxygen atoms in total. The second-order valence-electron chi connectivity index (χ2n) is 3.87. The summed E-state index contributed by atoms with van der Waals surface area (Å²) in [5, 5.41) is 2.90. The molecule has 0 bridgehead atoms. The summed E-state index contributed by atoms with van der Waals surface area (Å²) >= 11 is 0. The predicted octanol–water partition coefficient (Wildman–Crippen LogP) is 1.39.